The van der Waals surface area contributed by atoms with Crippen molar-refractivity contribution in [2.75, 3.05) is 24.7 Å². The normalized spacial score (nSPS) is 17.7. The molecule has 7 heteroatoms. The van der Waals surface area contributed by atoms with Gasteiger partial charge in [-0.1, -0.05) is 15.9 Å². The van der Waals surface area contributed by atoms with Crippen molar-refractivity contribution in [2.24, 2.45) is 5.92 Å². The zero-order valence-corrected chi connectivity index (χ0v) is 14.5. The maximum absolute atomic E-state index is 12.3. The number of hydrogen-bond acceptors (Lipinski definition) is 3. The molecule has 1 saturated heterocycles. The van der Waals surface area contributed by atoms with Crippen molar-refractivity contribution in [3.8, 4) is 0 Å². The Morgan fingerprint density at radius 3 is 2.43 bits per heavy atom. The summed E-state index contributed by atoms with van der Waals surface area (Å²) in [6.45, 7) is 2.79. The molecule has 1 aromatic rings. The minimum atomic E-state index is -3.15. The summed E-state index contributed by atoms with van der Waals surface area (Å²) >= 11 is 3.40. The largest absolute Gasteiger partial charge is 0.326 e. The Morgan fingerprint density at radius 2 is 1.90 bits per heavy atom. The lowest BCUT2D eigenvalue weighted by molar-refractivity contribution is -0.120. The molecule has 5 nitrogen and oxygen atoms in total. The van der Waals surface area contributed by atoms with Crippen LogP contribution in [0.3, 0.4) is 0 Å². The van der Waals surface area contributed by atoms with Gasteiger partial charge in [-0.05, 0) is 43.5 Å². The third-order valence-corrected chi connectivity index (χ3v) is 5.36. The number of piperidine rings is 1. The van der Waals surface area contributed by atoms with E-state index in [9.17, 15) is 13.2 Å². The van der Waals surface area contributed by atoms with Crippen LogP contribution in [0, 0.1) is 12.8 Å². The van der Waals surface area contributed by atoms with E-state index < -0.39 is 10.0 Å². The Bertz CT molecular complexity index is 617. The van der Waals surface area contributed by atoms with E-state index >= 15 is 0 Å². The van der Waals surface area contributed by atoms with Crippen LogP contribution in [0.2, 0.25) is 0 Å². The van der Waals surface area contributed by atoms with Gasteiger partial charge in [0.05, 0.1) is 6.26 Å². The van der Waals surface area contributed by atoms with E-state index in [1.165, 1.54) is 10.6 Å². The van der Waals surface area contributed by atoms with Crippen LogP contribution in [0.5, 0.6) is 0 Å². The molecular formula is C14H19BrN2O3S. The number of sulfonamides is 1. The molecule has 0 aliphatic carbocycles. The van der Waals surface area contributed by atoms with Crippen LogP contribution in [-0.2, 0) is 14.8 Å². The van der Waals surface area contributed by atoms with Crippen molar-refractivity contribution in [3.63, 3.8) is 0 Å². The van der Waals surface area contributed by atoms with Crippen LogP contribution in [0.4, 0.5) is 5.69 Å². The minimum absolute atomic E-state index is 0.0411. The fraction of sp³-hybridized carbons (Fsp3) is 0.500. The molecule has 116 valence electrons. The van der Waals surface area contributed by atoms with Crippen molar-refractivity contribution < 1.29 is 13.2 Å². The molecule has 1 N–H and O–H groups in total. The number of halogens is 1. The lowest BCUT2D eigenvalue weighted by Crippen LogP contribution is -2.40. The Morgan fingerprint density at radius 1 is 1.29 bits per heavy atom. The molecule has 0 unspecified atom stereocenters. The van der Waals surface area contributed by atoms with Crippen LogP contribution in [0.15, 0.2) is 22.7 Å². The quantitative estimate of drug-likeness (QED) is 0.882. The van der Waals surface area contributed by atoms with E-state index in [1.54, 1.807) is 0 Å². The number of anilines is 1. The summed E-state index contributed by atoms with van der Waals surface area (Å²) < 4.78 is 25.2. The van der Waals surface area contributed by atoms with Crippen LogP contribution in [0.1, 0.15) is 18.4 Å². The maximum atomic E-state index is 12.3. The summed E-state index contributed by atoms with van der Waals surface area (Å²) in [6.07, 6.45) is 2.33. The van der Waals surface area contributed by atoms with Crippen LogP contribution in [0.25, 0.3) is 0 Å². The Kier molecular flexibility index (Phi) is 5.06. The second-order valence-electron chi connectivity index (χ2n) is 5.44. The smallest absolute Gasteiger partial charge is 0.227 e. The Balaban J connectivity index is 1.96. The second-order valence-corrected chi connectivity index (χ2v) is 8.34. The van der Waals surface area contributed by atoms with Gasteiger partial charge >= 0.3 is 0 Å². The van der Waals surface area contributed by atoms with Crippen molar-refractivity contribution >= 4 is 37.5 Å². The average Bonchev–Trinajstić information content (AvgIpc) is 2.36. The predicted octanol–water partition coefficient (Wildman–Crippen LogP) is 2.37. The van der Waals surface area contributed by atoms with Gasteiger partial charge in [0.2, 0.25) is 15.9 Å². The van der Waals surface area contributed by atoms with Crippen LogP contribution in [-0.4, -0.2) is 38.0 Å². The first-order valence-corrected chi connectivity index (χ1v) is 9.43. The number of rotatable bonds is 3. The SMILES string of the molecule is Cc1cc(Br)cc(NC(=O)C2CCN(S(C)(=O)=O)CC2)c1. The average molecular weight is 375 g/mol. The lowest BCUT2D eigenvalue weighted by Gasteiger charge is -2.29. The summed E-state index contributed by atoms with van der Waals surface area (Å²) in [5.41, 5.74) is 1.82. The molecule has 1 aromatic carbocycles. The summed E-state index contributed by atoms with van der Waals surface area (Å²) in [5, 5.41) is 2.91. The highest BCUT2D eigenvalue weighted by atomic mass is 79.9. The van der Waals surface area contributed by atoms with E-state index in [0.29, 0.717) is 25.9 Å². The summed E-state index contributed by atoms with van der Waals surface area (Å²) in [4.78, 5) is 12.3. The Labute approximate surface area is 133 Å². The molecule has 0 radical (unpaired) electrons. The van der Waals surface area contributed by atoms with Crippen LogP contribution >= 0.6 is 15.9 Å². The number of hydrogen-bond donors (Lipinski definition) is 1. The molecule has 0 atom stereocenters. The molecule has 1 aliphatic heterocycles. The van der Waals surface area contributed by atoms with Gasteiger partial charge in [-0.25, -0.2) is 12.7 Å². The summed E-state index contributed by atoms with van der Waals surface area (Å²) in [6, 6.07) is 5.74. The summed E-state index contributed by atoms with van der Waals surface area (Å²) in [7, 11) is -3.15. The van der Waals surface area contributed by atoms with E-state index in [-0.39, 0.29) is 11.8 Å². The Hall–Kier alpha value is -0.920. The van der Waals surface area contributed by atoms with Crippen molar-refractivity contribution in [1.29, 1.82) is 0 Å². The second kappa shape index (κ2) is 6.46. The molecule has 0 aromatic heterocycles. The number of amides is 1. The minimum Gasteiger partial charge on any atom is -0.326 e. The number of nitrogens with zero attached hydrogens (tertiary/aromatic N) is 1. The van der Waals surface area contributed by atoms with E-state index in [4.69, 9.17) is 0 Å². The topological polar surface area (TPSA) is 66.5 Å². The molecule has 1 heterocycles. The molecule has 0 bridgehead atoms. The molecule has 1 aliphatic rings. The predicted molar refractivity (Wildman–Crippen MR) is 86.6 cm³/mol. The van der Waals surface area contributed by atoms with Crippen molar-refractivity contribution in [2.45, 2.75) is 19.8 Å². The molecular weight excluding hydrogens is 356 g/mol. The zero-order chi connectivity index (χ0) is 15.6. The number of benzene rings is 1. The maximum Gasteiger partial charge on any atom is 0.227 e. The highest BCUT2D eigenvalue weighted by Gasteiger charge is 2.28. The zero-order valence-electron chi connectivity index (χ0n) is 12.1. The first-order chi connectivity index (χ1) is 9.75. The molecule has 1 amide bonds. The molecule has 0 spiro atoms. The van der Waals surface area contributed by atoms with Crippen molar-refractivity contribution in [3.05, 3.63) is 28.2 Å². The molecule has 0 saturated carbocycles. The van der Waals surface area contributed by atoms with Crippen molar-refractivity contribution in [1.82, 2.24) is 4.31 Å². The standard InChI is InChI=1S/C14H19BrN2O3S/c1-10-7-12(15)9-13(8-10)16-14(18)11-3-5-17(6-4-11)21(2,19)20/h7-9,11H,3-6H2,1-2H3,(H,16,18). The fourth-order valence-corrected chi connectivity index (χ4v) is 3.98. The number of carbonyl (C=O) groups excluding carboxylic acids is 1. The van der Waals surface area contributed by atoms with E-state index in [2.05, 4.69) is 21.2 Å². The summed E-state index contributed by atoms with van der Waals surface area (Å²) in [5.74, 6) is -0.178. The molecule has 21 heavy (non-hydrogen) atoms. The number of carbonyl (C=O) groups is 1. The number of aryl methyl sites for hydroxylation is 1. The number of nitrogens with one attached hydrogen (secondary N) is 1. The van der Waals surface area contributed by atoms with Gasteiger partial charge in [0.1, 0.15) is 0 Å². The highest BCUT2D eigenvalue weighted by Crippen LogP contribution is 2.23. The third kappa shape index (κ3) is 4.52. The van der Waals surface area contributed by atoms with Gasteiger partial charge in [0.15, 0.2) is 0 Å². The van der Waals surface area contributed by atoms with Gasteiger partial charge in [-0.3, -0.25) is 4.79 Å². The monoisotopic (exact) mass is 374 g/mol. The van der Waals surface area contributed by atoms with E-state index in [1.807, 2.05) is 25.1 Å². The fourth-order valence-electron chi connectivity index (χ4n) is 2.50. The van der Waals surface area contributed by atoms with Crippen LogP contribution < -0.4 is 5.32 Å². The van der Waals surface area contributed by atoms with Gasteiger partial charge in [0, 0.05) is 29.2 Å². The van der Waals surface area contributed by atoms with Gasteiger partial charge in [-0.15, -0.1) is 0 Å². The first kappa shape index (κ1) is 16.5. The first-order valence-electron chi connectivity index (χ1n) is 6.79. The molecule has 2 rings (SSSR count). The third-order valence-electron chi connectivity index (χ3n) is 3.60. The van der Waals surface area contributed by atoms with Gasteiger partial charge < -0.3 is 5.32 Å². The highest BCUT2D eigenvalue weighted by molar-refractivity contribution is 9.10. The van der Waals surface area contributed by atoms with Gasteiger partial charge in [-0.2, -0.15) is 0 Å². The molecule has 1 fully saturated rings. The van der Waals surface area contributed by atoms with Gasteiger partial charge in [0.25, 0.3) is 0 Å². The van der Waals surface area contributed by atoms with E-state index in [0.717, 1.165) is 15.7 Å². The lowest BCUT2D eigenvalue weighted by atomic mass is 9.97.